The molecule has 0 aliphatic carbocycles. The number of carbonyl (C=O) groups excluding carboxylic acids is 2. The molecule has 1 aromatic rings. The number of amides is 2. The first-order valence-corrected chi connectivity index (χ1v) is 5.67. The molecule has 20 heavy (non-hydrogen) atoms. The first-order chi connectivity index (χ1) is 9.12. The van der Waals surface area contributed by atoms with E-state index in [0.717, 1.165) is 12.1 Å². The van der Waals surface area contributed by atoms with Crippen molar-refractivity contribution >= 4 is 17.5 Å². The van der Waals surface area contributed by atoms with E-state index in [1.54, 1.807) is 0 Å². The van der Waals surface area contributed by atoms with Gasteiger partial charge in [0, 0.05) is 12.5 Å². The molecule has 0 aliphatic rings. The molecule has 0 saturated carbocycles. The summed E-state index contributed by atoms with van der Waals surface area (Å²) in [5.74, 6) is -1.42. The molecule has 8 heteroatoms. The number of nitrogens with one attached hydrogen (secondary N) is 1. The van der Waals surface area contributed by atoms with Crippen molar-refractivity contribution in [1.82, 2.24) is 5.32 Å². The highest BCUT2D eigenvalue weighted by Gasteiger charge is 2.34. The van der Waals surface area contributed by atoms with Gasteiger partial charge in [0.25, 0.3) is 5.91 Å². The second-order valence-corrected chi connectivity index (χ2v) is 4.31. The molecule has 2 amide bonds. The Morgan fingerprint density at radius 2 is 1.95 bits per heavy atom. The summed E-state index contributed by atoms with van der Waals surface area (Å²) in [4.78, 5) is 22.5. The van der Waals surface area contributed by atoms with Crippen molar-refractivity contribution in [3.63, 3.8) is 0 Å². The van der Waals surface area contributed by atoms with Gasteiger partial charge in [0.15, 0.2) is 0 Å². The minimum atomic E-state index is -4.64. The molecule has 0 spiro atoms. The first-order valence-electron chi connectivity index (χ1n) is 5.67. The van der Waals surface area contributed by atoms with Gasteiger partial charge in [-0.05, 0) is 19.1 Å². The van der Waals surface area contributed by atoms with Gasteiger partial charge in [-0.25, -0.2) is 0 Å². The molecule has 5 N–H and O–H groups in total. The lowest BCUT2D eigenvalue weighted by molar-refractivity contribution is -0.136. The molecule has 1 aromatic carbocycles. The summed E-state index contributed by atoms with van der Waals surface area (Å²) in [6.07, 6.45) is -4.76. The van der Waals surface area contributed by atoms with E-state index in [9.17, 15) is 22.8 Å². The van der Waals surface area contributed by atoms with E-state index in [0.29, 0.717) is 0 Å². The maximum Gasteiger partial charge on any atom is 0.418 e. The van der Waals surface area contributed by atoms with E-state index in [1.165, 1.54) is 13.0 Å². The van der Waals surface area contributed by atoms with Gasteiger partial charge in [0.2, 0.25) is 5.91 Å². The lowest BCUT2D eigenvalue weighted by Crippen LogP contribution is -2.36. The van der Waals surface area contributed by atoms with Gasteiger partial charge >= 0.3 is 6.18 Å². The van der Waals surface area contributed by atoms with Crippen molar-refractivity contribution in [3.05, 3.63) is 29.3 Å². The van der Waals surface area contributed by atoms with Crippen LogP contribution in [-0.2, 0) is 11.0 Å². The van der Waals surface area contributed by atoms with Crippen LogP contribution in [0.5, 0.6) is 0 Å². The minimum absolute atomic E-state index is 0.120. The molecule has 1 rings (SSSR count). The third kappa shape index (κ3) is 3.87. The number of primary amides is 1. The molecule has 5 nitrogen and oxygen atoms in total. The number of benzene rings is 1. The maximum atomic E-state index is 12.7. The summed E-state index contributed by atoms with van der Waals surface area (Å²) in [6.45, 7) is 1.51. The molecule has 0 aliphatic heterocycles. The fraction of sp³-hybridized carbons (Fsp3) is 0.333. The van der Waals surface area contributed by atoms with Crippen LogP contribution in [0, 0.1) is 0 Å². The average Bonchev–Trinajstić information content (AvgIpc) is 2.25. The van der Waals surface area contributed by atoms with Crippen LogP contribution in [-0.4, -0.2) is 17.9 Å². The maximum absolute atomic E-state index is 12.7. The number of halogens is 3. The number of alkyl halides is 3. The second-order valence-electron chi connectivity index (χ2n) is 4.31. The molecule has 0 radical (unpaired) electrons. The Hall–Kier alpha value is -2.25. The monoisotopic (exact) mass is 289 g/mol. The van der Waals surface area contributed by atoms with Crippen molar-refractivity contribution < 1.29 is 22.8 Å². The van der Waals surface area contributed by atoms with Crippen LogP contribution in [0.4, 0.5) is 18.9 Å². The molecular formula is C12H14F3N3O2. The molecule has 0 saturated heterocycles. The van der Waals surface area contributed by atoms with Crippen LogP contribution in [0.1, 0.15) is 29.3 Å². The molecule has 110 valence electrons. The highest BCUT2D eigenvalue weighted by atomic mass is 19.4. The Bertz CT molecular complexity index is 529. The fourth-order valence-electron chi connectivity index (χ4n) is 1.66. The zero-order valence-electron chi connectivity index (χ0n) is 10.6. The van der Waals surface area contributed by atoms with Gasteiger partial charge in [-0.3, -0.25) is 9.59 Å². The predicted molar refractivity (Wildman–Crippen MR) is 66.6 cm³/mol. The van der Waals surface area contributed by atoms with E-state index in [4.69, 9.17) is 11.5 Å². The molecular weight excluding hydrogens is 275 g/mol. The van der Waals surface area contributed by atoms with E-state index < -0.39 is 35.3 Å². The van der Waals surface area contributed by atoms with E-state index >= 15 is 0 Å². The molecule has 1 atom stereocenters. The van der Waals surface area contributed by atoms with E-state index in [2.05, 4.69) is 5.32 Å². The smallest absolute Gasteiger partial charge is 0.398 e. The van der Waals surface area contributed by atoms with Gasteiger partial charge in [0.1, 0.15) is 0 Å². The second kappa shape index (κ2) is 5.81. The van der Waals surface area contributed by atoms with Crippen molar-refractivity contribution in [3.8, 4) is 0 Å². The molecule has 1 unspecified atom stereocenters. The largest absolute Gasteiger partial charge is 0.418 e. The van der Waals surface area contributed by atoms with Crippen molar-refractivity contribution in [2.75, 3.05) is 5.73 Å². The predicted octanol–water partition coefficient (Wildman–Crippen LogP) is 1.28. The van der Waals surface area contributed by atoms with Crippen LogP contribution < -0.4 is 16.8 Å². The number of hydrogen-bond donors (Lipinski definition) is 3. The number of carbonyl (C=O) groups is 2. The van der Waals surface area contributed by atoms with Gasteiger partial charge in [-0.15, -0.1) is 0 Å². The first kappa shape index (κ1) is 15.8. The van der Waals surface area contributed by atoms with Gasteiger partial charge < -0.3 is 16.8 Å². The average molecular weight is 289 g/mol. The van der Waals surface area contributed by atoms with Crippen molar-refractivity contribution in [1.29, 1.82) is 0 Å². The molecule has 0 fully saturated rings. The topological polar surface area (TPSA) is 98.2 Å². The summed E-state index contributed by atoms with van der Waals surface area (Å²) >= 11 is 0. The van der Waals surface area contributed by atoms with Gasteiger partial charge in [0.05, 0.1) is 16.8 Å². The third-order valence-corrected chi connectivity index (χ3v) is 2.54. The zero-order chi connectivity index (χ0) is 15.5. The SMILES string of the molecule is CC(CC(N)=O)NC(=O)c1cccc(C(F)(F)F)c1N. The Labute approximate surface area is 113 Å². The Kier molecular flexibility index (Phi) is 4.59. The van der Waals surface area contributed by atoms with Crippen molar-refractivity contribution in [2.45, 2.75) is 25.6 Å². The highest BCUT2D eigenvalue weighted by molar-refractivity contribution is 6.00. The number of nitrogens with two attached hydrogens (primary N) is 2. The van der Waals surface area contributed by atoms with Crippen LogP contribution in [0.3, 0.4) is 0 Å². The summed E-state index contributed by atoms with van der Waals surface area (Å²) in [6, 6.07) is 2.46. The standard InChI is InChI=1S/C12H14F3N3O2/c1-6(5-9(16)19)18-11(20)7-3-2-4-8(10(7)17)12(13,14)15/h2-4,6H,5,17H2,1H3,(H2,16,19)(H,18,20). The summed E-state index contributed by atoms with van der Waals surface area (Å²) in [7, 11) is 0. The zero-order valence-corrected chi connectivity index (χ0v) is 10.6. The normalized spacial score (nSPS) is 12.8. The Morgan fingerprint density at radius 1 is 1.35 bits per heavy atom. The van der Waals surface area contributed by atoms with Crippen LogP contribution in [0.15, 0.2) is 18.2 Å². The molecule has 0 aromatic heterocycles. The lowest BCUT2D eigenvalue weighted by Gasteiger charge is -2.16. The van der Waals surface area contributed by atoms with Crippen LogP contribution >= 0.6 is 0 Å². The quantitative estimate of drug-likeness (QED) is 0.728. The summed E-state index contributed by atoms with van der Waals surface area (Å²) in [5, 5.41) is 2.36. The number of hydrogen-bond acceptors (Lipinski definition) is 3. The summed E-state index contributed by atoms with van der Waals surface area (Å²) < 4.78 is 38.0. The number of para-hydroxylation sites is 1. The Morgan fingerprint density at radius 3 is 2.45 bits per heavy atom. The number of nitrogen functional groups attached to an aromatic ring is 1. The minimum Gasteiger partial charge on any atom is -0.398 e. The number of anilines is 1. The van der Waals surface area contributed by atoms with E-state index in [1.807, 2.05) is 0 Å². The summed E-state index contributed by atoms with van der Waals surface area (Å²) in [5.41, 5.74) is 8.31. The Balaban J connectivity index is 2.97. The highest BCUT2D eigenvalue weighted by Crippen LogP contribution is 2.34. The van der Waals surface area contributed by atoms with Gasteiger partial charge in [-0.2, -0.15) is 13.2 Å². The van der Waals surface area contributed by atoms with E-state index in [-0.39, 0.29) is 12.0 Å². The fourth-order valence-corrected chi connectivity index (χ4v) is 1.66. The number of rotatable bonds is 4. The molecule has 0 bridgehead atoms. The van der Waals surface area contributed by atoms with Crippen molar-refractivity contribution in [2.24, 2.45) is 5.73 Å². The lowest BCUT2D eigenvalue weighted by atomic mass is 10.1. The third-order valence-electron chi connectivity index (χ3n) is 2.54. The van der Waals surface area contributed by atoms with Gasteiger partial charge in [-0.1, -0.05) is 6.07 Å². The molecule has 0 heterocycles. The van der Waals surface area contributed by atoms with Crippen LogP contribution in [0.2, 0.25) is 0 Å². The van der Waals surface area contributed by atoms with Crippen LogP contribution in [0.25, 0.3) is 0 Å².